The lowest BCUT2D eigenvalue weighted by Crippen LogP contribution is -2.48. The van der Waals surface area contributed by atoms with Crippen LogP contribution in [0, 0.1) is 0 Å². The molecule has 0 saturated carbocycles. The summed E-state index contributed by atoms with van der Waals surface area (Å²) < 4.78 is 0. The molecular formula is C21H28N4OS. The van der Waals surface area contributed by atoms with E-state index in [1.54, 1.807) is 11.3 Å². The SMILES string of the molecule is O=C(Cc1csc(CN2CCCC2)n1)N1CCN(Cc2ccccc2)CC1. The molecule has 1 amide bonds. The number of benzene rings is 1. The van der Waals surface area contributed by atoms with Gasteiger partial charge in [-0.25, -0.2) is 4.98 Å². The summed E-state index contributed by atoms with van der Waals surface area (Å²) in [6.07, 6.45) is 3.04. The van der Waals surface area contributed by atoms with Gasteiger partial charge in [0.05, 0.1) is 18.7 Å². The van der Waals surface area contributed by atoms with Crippen molar-refractivity contribution in [2.24, 2.45) is 0 Å². The van der Waals surface area contributed by atoms with Gasteiger partial charge in [0.2, 0.25) is 5.91 Å². The predicted octanol–water partition coefficient (Wildman–Crippen LogP) is 2.63. The van der Waals surface area contributed by atoms with Crippen LogP contribution in [-0.4, -0.2) is 64.9 Å². The smallest absolute Gasteiger partial charge is 0.228 e. The molecule has 2 fully saturated rings. The lowest BCUT2D eigenvalue weighted by atomic mass is 10.2. The summed E-state index contributed by atoms with van der Waals surface area (Å²) in [6.45, 7) is 7.79. The second-order valence-corrected chi connectivity index (χ2v) is 8.48. The molecule has 0 bridgehead atoms. The molecule has 2 aliphatic heterocycles. The van der Waals surface area contributed by atoms with Crippen LogP contribution in [0.25, 0.3) is 0 Å². The molecule has 0 unspecified atom stereocenters. The maximum absolute atomic E-state index is 12.6. The zero-order chi connectivity index (χ0) is 18.5. The molecule has 6 heteroatoms. The van der Waals surface area contributed by atoms with Crippen LogP contribution in [0.2, 0.25) is 0 Å². The number of rotatable bonds is 6. The summed E-state index contributed by atoms with van der Waals surface area (Å²) >= 11 is 1.69. The van der Waals surface area contributed by atoms with Gasteiger partial charge in [-0.15, -0.1) is 11.3 Å². The van der Waals surface area contributed by atoms with E-state index in [0.717, 1.165) is 50.0 Å². The molecule has 144 valence electrons. The zero-order valence-electron chi connectivity index (χ0n) is 15.8. The summed E-state index contributed by atoms with van der Waals surface area (Å²) in [5, 5.41) is 3.21. The first-order valence-corrected chi connectivity index (χ1v) is 10.8. The molecule has 4 rings (SSSR count). The Hall–Kier alpha value is -1.76. The van der Waals surface area contributed by atoms with E-state index in [9.17, 15) is 4.79 Å². The van der Waals surface area contributed by atoms with Crippen molar-refractivity contribution in [3.05, 3.63) is 52.0 Å². The highest BCUT2D eigenvalue weighted by Gasteiger charge is 2.22. The quantitative estimate of drug-likeness (QED) is 0.768. The Morgan fingerprint density at radius 2 is 1.63 bits per heavy atom. The summed E-state index contributed by atoms with van der Waals surface area (Å²) in [5.74, 6) is 0.215. The Morgan fingerprint density at radius 1 is 0.926 bits per heavy atom. The number of piperazine rings is 1. The number of hydrogen-bond acceptors (Lipinski definition) is 5. The van der Waals surface area contributed by atoms with Crippen molar-refractivity contribution >= 4 is 17.2 Å². The monoisotopic (exact) mass is 384 g/mol. The molecule has 0 spiro atoms. The average Bonchev–Trinajstić information content (AvgIpc) is 3.36. The van der Waals surface area contributed by atoms with Crippen LogP contribution in [0.1, 0.15) is 29.1 Å². The van der Waals surface area contributed by atoms with Crippen LogP contribution >= 0.6 is 11.3 Å². The molecule has 2 aliphatic rings. The number of nitrogens with zero attached hydrogens (tertiary/aromatic N) is 4. The number of carbonyl (C=O) groups is 1. The van der Waals surface area contributed by atoms with Gasteiger partial charge in [-0.2, -0.15) is 0 Å². The Morgan fingerprint density at radius 3 is 2.37 bits per heavy atom. The third kappa shape index (κ3) is 5.15. The lowest BCUT2D eigenvalue weighted by molar-refractivity contribution is -0.132. The van der Waals surface area contributed by atoms with Crippen molar-refractivity contribution in [2.45, 2.75) is 32.4 Å². The highest BCUT2D eigenvalue weighted by molar-refractivity contribution is 7.09. The van der Waals surface area contributed by atoms with E-state index in [-0.39, 0.29) is 5.91 Å². The first-order valence-electron chi connectivity index (χ1n) is 9.96. The van der Waals surface area contributed by atoms with E-state index in [4.69, 9.17) is 4.98 Å². The summed E-state index contributed by atoms with van der Waals surface area (Å²) in [4.78, 5) is 24.2. The molecule has 2 aromatic rings. The van der Waals surface area contributed by atoms with Crippen molar-refractivity contribution in [3.63, 3.8) is 0 Å². The van der Waals surface area contributed by atoms with Crippen LogP contribution in [-0.2, 0) is 24.3 Å². The summed E-state index contributed by atoms with van der Waals surface area (Å²) in [6, 6.07) is 10.6. The van der Waals surface area contributed by atoms with Crippen molar-refractivity contribution in [1.29, 1.82) is 0 Å². The van der Waals surface area contributed by atoms with Gasteiger partial charge in [0, 0.05) is 38.1 Å². The first kappa shape index (κ1) is 18.6. The van der Waals surface area contributed by atoms with Crippen LogP contribution in [0.15, 0.2) is 35.7 Å². The second-order valence-electron chi connectivity index (χ2n) is 7.54. The van der Waals surface area contributed by atoms with Gasteiger partial charge in [-0.05, 0) is 31.5 Å². The summed E-state index contributed by atoms with van der Waals surface area (Å²) in [7, 11) is 0. The minimum absolute atomic E-state index is 0.215. The van der Waals surface area contributed by atoms with Crippen LogP contribution < -0.4 is 0 Å². The van der Waals surface area contributed by atoms with Crippen molar-refractivity contribution in [3.8, 4) is 0 Å². The molecule has 0 aliphatic carbocycles. The van der Waals surface area contributed by atoms with Crippen LogP contribution in [0.3, 0.4) is 0 Å². The maximum Gasteiger partial charge on any atom is 0.228 e. The number of amides is 1. The molecule has 2 saturated heterocycles. The van der Waals surface area contributed by atoms with Gasteiger partial charge in [0.15, 0.2) is 0 Å². The van der Waals surface area contributed by atoms with Gasteiger partial charge in [-0.1, -0.05) is 30.3 Å². The highest BCUT2D eigenvalue weighted by Crippen LogP contribution is 2.17. The molecule has 1 aromatic carbocycles. The van der Waals surface area contributed by atoms with Crippen LogP contribution in [0.5, 0.6) is 0 Å². The molecule has 5 nitrogen and oxygen atoms in total. The zero-order valence-corrected chi connectivity index (χ0v) is 16.7. The fourth-order valence-electron chi connectivity index (χ4n) is 3.90. The molecule has 0 N–H and O–H groups in total. The van der Waals surface area contributed by atoms with E-state index in [2.05, 4.69) is 45.5 Å². The van der Waals surface area contributed by atoms with Crippen molar-refractivity contribution in [1.82, 2.24) is 19.7 Å². The summed E-state index contributed by atoms with van der Waals surface area (Å²) in [5.41, 5.74) is 2.27. The normalized spacial score (nSPS) is 18.9. The number of aromatic nitrogens is 1. The van der Waals surface area contributed by atoms with Gasteiger partial charge >= 0.3 is 0 Å². The lowest BCUT2D eigenvalue weighted by Gasteiger charge is -2.34. The molecule has 0 atom stereocenters. The minimum atomic E-state index is 0.215. The fourth-order valence-corrected chi connectivity index (χ4v) is 4.73. The molecular weight excluding hydrogens is 356 g/mol. The number of carbonyl (C=O) groups excluding carboxylic acids is 1. The van der Waals surface area contributed by atoms with E-state index in [1.165, 1.54) is 31.5 Å². The third-order valence-electron chi connectivity index (χ3n) is 5.46. The Bertz CT molecular complexity index is 734. The van der Waals surface area contributed by atoms with E-state index >= 15 is 0 Å². The first-order chi connectivity index (χ1) is 13.3. The standard InChI is InChI=1S/C21H28N4OS/c26-21(14-19-17-27-20(22-19)16-23-8-4-5-9-23)25-12-10-24(11-13-25)15-18-6-2-1-3-7-18/h1-3,6-7,17H,4-5,8-16H2. The topological polar surface area (TPSA) is 39.7 Å². The predicted molar refractivity (Wildman–Crippen MR) is 109 cm³/mol. The largest absolute Gasteiger partial charge is 0.340 e. The maximum atomic E-state index is 12.6. The second kappa shape index (κ2) is 8.95. The molecule has 0 radical (unpaired) electrons. The number of thiazole rings is 1. The van der Waals surface area contributed by atoms with Gasteiger partial charge in [0.1, 0.15) is 5.01 Å². The Kier molecular flexibility index (Phi) is 6.17. The molecule has 3 heterocycles. The van der Waals surface area contributed by atoms with E-state index < -0.39 is 0 Å². The molecule has 1 aromatic heterocycles. The third-order valence-corrected chi connectivity index (χ3v) is 6.35. The number of likely N-dealkylation sites (tertiary alicyclic amines) is 1. The minimum Gasteiger partial charge on any atom is -0.340 e. The Labute approximate surface area is 165 Å². The van der Waals surface area contributed by atoms with Gasteiger partial charge in [0.25, 0.3) is 0 Å². The fraction of sp³-hybridized carbons (Fsp3) is 0.524. The Balaban J connectivity index is 1.23. The average molecular weight is 385 g/mol. The van der Waals surface area contributed by atoms with Crippen molar-refractivity contribution in [2.75, 3.05) is 39.3 Å². The van der Waals surface area contributed by atoms with E-state index in [1.807, 2.05) is 4.90 Å². The molecule has 27 heavy (non-hydrogen) atoms. The van der Waals surface area contributed by atoms with Gasteiger partial charge in [-0.3, -0.25) is 14.6 Å². The van der Waals surface area contributed by atoms with Crippen LogP contribution in [0.4, 0.5) is 0 Å². The highest BCUT2D eigenvalue weighted by atomic mass is 32.1. The van der Waals surface area contributed by atoms with Gasteiger partial charge < -0.3 is 4.90 Å². The van der Waals surface area contributed by atoms with E-state index in [0.29, 0.717) is 6.42 Å². The van der Waals surface area contributed by atoms with Crippen molar-refractivity contribution < 1.29 is 4.79 Å². The number of hydrogen-bond donors (Lipinski definition) is 0.